The normalized spacial score (nSPS) is 12.7. The lowest BCUT2D eigenvalue weighted by atomic mass is 10.1. The van der Waals surface area contributed by atoms with E-state index >= 15 is 4.39 Å². The highest BCUT2D eigenvalue weighted by molar-refractivity contribution is 5.72. The van der Waals surface area contributed by atoms with Crippen molar-refractivity contribution < 1.29 is 9.13 Å². The Labute approximate surface area is 200 Å². The third kappa shape index (κ3) is 4.25. The zero-order chi connectivity index (χ0) is 25.1. The first-order valence-electron chi connectivity index (χ1n) is 10.7. The molecule has 1 heterocycles. The van der Waals surface area contributed by atoms with Gasteiger partial charge < -0.3 is 10.5 Å². The van der Waals surface area contributed by atoms with Crippen LogP contribution >= 0.6 is 0 Å². The van der Waals surface area contributed by atoms with E-state index in [1.807, 2.05) is 54.6 Å². The number of imidazole rings is 1. The van der Waals surface area contributed by atoms with Crippen molar-refractivity contribution in [2.24, 2.45) is 12.8 Å². The molecule has 0 aliphatic rings. The minimum absolute atomic E-state index is 0.00398. The van der Waals surface area contributed by atoms with Crippen molar-refractivity contribution in [1.82, 2.24) is 9.13 Å². The molecule has 174 valence electrons. The van der Waals surface area contributed by atoms with Crippen LogP contribution in [0, 0.1) is 27.7 Å². The fourth-order valence-corrected chi connectivity index (χ4v) is 3.97. The second-order valence-corrected chi connectivity index (χ2v) is 7.85. The predicted molar refractivity (Wildman–Crippen MR) is 135 cm³/mol. The average Bonchev–Trinajstić information content (AvgIpc) is 3.12. The predicted octanol–water partition coefficient (Wildman–Crippen LogP) is 2.76. The van der Waals surface area contributed by atoms with Gasteiger partial charge in [-0.15, -0.1) is 0 Å². The molecule has 4 aromatic rings. The van der Waals surface area contributed by atoms with Crippen LogP contribution in [-0.2, 0) is 7.05 Å². The molecule has 0 bridgehead atoms. The quantitative estimate of drug-likeness (QED) is 0.469. The summed E-state index contributed by atoms with van der Waals surface area (Å²) in [6, 6.07) is 19.2. The van der Waals surface area contributed by atoms with Gasteiger partial charge in [-0.25, -0.2) is 9.18 Å². The Balaban J connectivity index is 2.15. The maximum atomic E-state index is 15.0. The molecule has 35 heavy (non-hydrogen) atoms. The van der Waals surface area contributed by atoms with Crippen molar-refractivity contribution in [2.45, 2.75) is 0 Å². The number of hydrogen-bond acceptors (Lipinski definition) is 4. The molecule has 0 saturated heterocycles. The van der Waals surface area contributed by atoms with Crippen LogP contribution < -0.4 is 26.7 Å². The van der Waals surface area contributed by atoms with Gasteiger partial charge in [-0.1, -0.05) is 49.1 Å². The highest BCUT2D eigenvalue weighted by Gasteiger charge is 2.15. The minimum Gasteiger partial charge on any atom is -0.496 e. The topological polar surface area (TPSA) is 86.0 Å². The molecule has 2 N–H and O–H groups in total. The number of aromatic nitrogens is 2. The van der Waals surface area contributed by atoms with Crippen molar-refractivity contribution in [2.75, 3.05) is 7.11 Å². The Kier molecular flexibility index (Phi) is 6.38. The molecule has 0 radical (unpaired) electrons. The Hall–Kier alpha value is -4.83. The molecule has 0 aliphatic carbocycles. The van der Waals surface area contributed by atoms with Crippen molar-refractivity contribution in [3.05, 3.63) is 115 Å². The second kappa shape index (κ2) is 9.57. The Bertz CT molecular complexity index is 1760. The molecule has 6 nitrogen and oxygen atoms in total. The van der Waals surface area contributed by atoms with Crippen molar-refractivity contribution in [3.8, 4) is 17.5 Å². The zero-order valence-electron chi connectivity index (χ0n) is 19.3. The molecule has 0 aliphatic heterocycles. The molecule has 0 unspecified atom stereocenters. The lowest BCUT2D eigenvalue weighted by Gasteiger charge is -2.07. The number of ether oxygens (including phenoxy) is 1. The van der Waals surface area contributed by atoms with E-state index in [-0.39, 0.29) is 11.3 Å². The van der Waals surface area contributed by atoms with E-state index in [2.05, 4.69) is 6.58 Å². The van der Waals surface area contributed by atoms with Gasteiger partial charge in [0.15, 0.2) is 0 Å². The number of rotatable bonds is 4. The standard InChI is InChI=1S/C28H23FN4O2/c1-18-13-26(35-3)21(11-9-19-7-5-4-6-8-19)15-22(18)27-25(17-31)32(2)28(34)33(27)24-12-10-20(16-30)14-23(24)29/h4-15,17H,1,31H2,2-3H3/b11-9+,25-17+,27-22+. The lowest BCUT2D eigenvalue weighted by Crippen LogP contribution is -2.26. The SMILES string of the molecule is C=c1cc(OC)c(/C=C/c2ccccc2)c/c1=c1/c(=C\N)n(C)c(=O)n1-c1ccc(C#N)cc1F. The maximum Gasteiger partial charge on any atom is 0.333 e. The number of nitriles is 1. The number of benzene rings is 3. The van der Waals surface area contributed by atoms with Gasteiger partial charge in [0.25, 0.3) is 0 Å². The summed E-state index contributed by atoms with van der Waals surface area (Å²) in [6.45, 7) is 4.14. The molecule has 0 amide bonds. The Morgan fingerprint density at radius 2 is 1.86 bits per heavy atom. The van der Waals surface area contributed by atoms with E-state index < -0.39 is 11.5 Å². The summed E-state index contributed by atoms with van der Waals surface area (Å²) in [5.41, 5.74) is 7.33. The smallest absolute Gasteiger partial charge is 0.333 e. The first kappa shape index (κ1) is 23.3. The third-order valence-electron chi connectivity index (χ3n) is 5.75. The number of hydrogen-bond donors (Lipinski definition) is 1. The Morgan fingerprint density at radius 3 is 2.49 bits per heavy atom. The van der Waals surface area contributed by atoms with Gasteiger partial charge in [-0.05, 0) is 41.1 Å². The minimum atomic E-state index is -0.704. The molecule has 1 aromatic heterocycles. The first-order valence-corrected chi connectivity index (χ1v) is 10.7. The van der Waals surface area contributed by atoms with E-state index in [4.69, 9.17) is 15.7 Å². The van der Waals surface area contributed by atoms with Gasteiger partial charge in [0.2, 0.25) is 0 Å². The summed E-state index contributed by atoms with van der Waals surface area (Å²) in [5.74, 6) is -0.108. The molecular formula is C28H23FN4O2. The van der Waals surface area contributed by atoms with Crippen LogP contribution in [0.1, 0.15) is 16.7 Å². The van der Waals surface area contributed by atoms with Gasteiger partial charge in [-0.3, -0.25) is 9.13 Å². The van der Waals surface area contributed by atoms with Crippen LogP contribution in [0.15, 0.2) is 65.5 Å². The molecule has 4 rings (SSSR count). The lowest BCUT2D eigenvalue weighted by molar-refractivity contribution is 0.413. The largest absolute Gasteiger partial charge is 0.496 e. The van der Waals surface area contributed by atoms with E-state index in [9.17, 15) is 4.79 Å². The summed E-state index contributed by atoms with van der Waals surface area (Å²) in [6.07, 6.45) is 5.15. The van der Waals surface area contributed by atoms with Crippen LogP contribution in [-0.4, -0.2) is 16.2 Å². The molecule has 7 heteroatoms. The maximum absolute atomic E-state index is 15.0. The van der Waals surface area contributed by atoms with E-state index in [1.165, 1.54) is 27.5 Å². The number of halogens is 1. The van der Waals surface area contributed by atoms with Crippen molar-refractivity contribution in [3.63, 3.8) is 0 Å². The van der Waals surface area contributed by atoms with E-state index in [0.29, 0.717) is 26.9 Å². The molecule has 0 atom stereocenters. The summed E-state index contributed by atoms with van der Waals surface area (Å²) in [4.78, 5) is 13.2. The zero-order valence-corrected chi connectivity index (χ0v) is 19.3. The van der Waals surface area contributed by atoms with Crippen molar-refractivity contribution >= 4 is 24.9 Å². The average molecular weight is 467 g/mol. The highest BCUT2D eigenvalue weighted by atomic mass is 19.1. The highest BCUT2D eigenvalue weighted by Crippen LogP contribution is 2.20. The van der Waals surface area contributed by atoms with Crippen LogP contribution in [0.2, 0.25) is 0 Å². The fourth-order valence-electron chi connectivity index (χ4n) is 3.97. The van der Waals surface area contributed by atoms with Gasteiger partial charge in [0, 0.05) is 24.0 Å². The second-order valence-electron chi connectivity index (χ2n) is 7.85. The van der Waals surface area contributed by atoms with Crippen LogP contribution in [0.5, 0.6) is 5.75 Å². The summed E-state index contributed by atoms with van der Waals surface area (Å²) < 4.78 is 23.2. The first-order chi connectivity index (χ1) is 16.9. The van der Waals surface area contributed by atoms with E-state index in [1.54, 1.807) is 20.2 Å². The number of nitrogens with two attached hydrogens (primary N) is 1. The Morgan fingerprint density at radius 1 is 1.11 bits per heavy atom. The number of methoxy groups -OCH3 is 1. The summed E-state index contributed by atoms with van der Waals surface area (Å²) in [7, 11) is 3.13. The molecule has 0 spiro atoms. The third-order valence-corrected chi connectivity index (χ3v) is 5.75. The van der Waals surface area contributed by atoms with Gasteiger partial charge in [-0.2, -0.15) is 5.26 Å². The van der Waals surface area contributed by atoms with E-state index in [0.717, 1.165) is 17.2 Å². The molecule has 0 saturated carbocycles. The van der Waals surface area contributed by atoms with Crippen LogP contribution in [0.3, 0.4) is 0 Å². The number of nitrogens with zero attached hydrogens (tertiary/aromatic N) is 3. The van der Waals surface area contributed by atoms with Gasteiger partial charge in [0.1, 0.15) is 11.6 Å². The summed E-state index contributed by atoms with van der Waals surface area (Å²) >= 11 is 0. The summed E-state index contributed by atoms with van der Waals surface area (Å²) in [5, 5.41) is 11.0. The molecular weight excluding hydrogens is 443 g/mol. The van der Waals surface area contributed by atoms with Gasteiger partial charge in [0.05, 0.1) is 35.1 Å². The fraction of sp³-hybridized carbons (Fsp3) is 0.0714. The van der Waals surface area contributed by atoms with Crippen LogP contribution in [0.4, 0.5) is 4.39 Å². The monoisotopic (exact) mass is 466 g/mol. The van der Waals surface area contributed by atoms with Gasteiger partial charge >= 0.3 is 5.69 Å². The molecule has 3 aromatic carbocycles. The molecule has 0 fully saturated rings. The van der Waals surface area contributed by atoms with Crippen LogP contribution in [0.25, 0.3) is 30.6 Å². The van der Waals surface area contributed by atoms with Crippen molar-refractivity contribution in [1.29, 1.82) is 5.26 Å².